The fourth-order valence-electron chi connectivity index (χ4n) is 3.24. The van der Waals surface area contributed by atoms with Gasteiger partial charge in [-0.1, -0.05) is 90.1 Å². The fraction of sp³-hybridized carbons (Fsp3) is 0. The van der Waals surface area contributed by atoms with E-state index in [2.05, 4.69) is 22.6 Å². The lowest BCUT2D eigenvalue weighted by molar-refractivity contribution is 0.102. The number of hydrogen-bond donors (Lipinski definition) is 2. The minimum Gasteiger partial charge on any atom is -0.410 e. The Labute approximate surface area is 175 Å². The third-order valence-electron chi connectivity index (χ3n) is 4.82. The third-order valence-corrected chi connectivity index (χ3v) is 4.82. The van der Waals surface area contributed by atoms with Gasteiger partial charge in [0.1, 0.15) is 5.71 Å². The number of nitrogens with zero attached hydrogens (tertiary/aromatic N) is 1. The normalized spacial score (nSPS) is 11.1. The topological polar surface area (TPSA) is 61.7 Å². The van der Waals surface area contributed by atoms with Crippen molar-refractivity contribution in [3.63, 3.8) is 0 Å². The van der Waals surface area contributed by atoms with E-state index < -0.39 is 0 Å². The molecule has 2 N–H and O–H groups in total. The van der Waals surface area contributed by atoms with E-state index in [1.165, 1.54) is 0 Å². The Kier molecular flexibility index (Phi) is 5.67. The molecule has 4 heteroatoms. The van der Waals surface area contributed by atoms with Crippen LogP contribution in [0.3, 0.4) is 0 Å². The minimum atomic E-state index is -0.192. The predicted octanol–water partition coefficient (Wildman–Crippen LogP) is 5.83. The molecule has 4 aromatic rings. The molecule has 0 saturated heterocycles. The van der Waals surface area contributed by atoms with Gasteiger partial charge in [0.15, 0.2) is 0 Å². The van der Waals surface area contributed by atoms with E-state index in [1.807, 2.05) is 72.8 Å². The second-order valence-corrected chi connectivity index (χ2v) is 6.79. The molecule has 0 fully saturated rings. The van der Waals surface area contributed by atoms with Crippen LogP contribution in [0.1, 0.15) is 21.5 Å². The van der Waals surface area contributed by atoms with Gasteiger partial charge in [-0.25, -0.2) is 0 Å². The number of nitrogens with one attached hydrogen (secondary N) is 1. The first-order valence-electron chi connectivity index (χ1n) is 9.59. The van der Waals surface area contributed by atoms with Crippen LogP contribution in [-0.2, 0) is 0 Å². The Morgan fingerprint density at radius 1 is 0.600 bits per heavy atom. The molecule has 0 aliphatic carbocycles. The second kappa shape index (κ2) is 8.88. The van der Waals surface area contributed by atoms with Gasteiger partial charge in [-0.2, -0.15) is 0 Å². The maximum Gasteiger partial charge on any atom is 0.255 e. The number of carbonyl (C=O) groups excluding carboxylic acids is 1. The highest BCUT2D eigenvalue weighted by Crippen LogP contribution is 2.21. The molecule has 0 aromatic heterocycles. The first-order chi connectivity index (χ1) is 14.7. The van der Waals surface area contributed by atoms with Crippen LogP contribution in [0.4, 0.5) is 5.69 Å². The van der Waals surface area contributed by atoms with E-state index >= 15 is 0 Å². The molecule has 0 saturated carbocycles. The summed E-state index contributed by atoms with van der Waals surface area (Å²) in [5, 5.41) is 15.9. The number of para-hydroxylation sites is 1. The summed E-state index contributed by atoms with van der Waals surface area (Å²) in [6, 6.07) is 34.2. The van der Waals surface area contributed by atoms with Crippen molar-refractivity contribution in [3.8, 4) is 11.1 Å². The molecule has 0 radical (unpaired) electrons. The zero-order chi connectivity index (χ0) is 20.8. The molecule has 0 aliphatic heterocycles. The van der Waals surface area contributed by atoms with E-state index in [0.29, 0.717) is 11.3 Å². The molecule has 4 nitrogen and oxygen atoms in total. The van der Waals surface area contributed by atoms with Gasteiger partial charge in [0, 0.05) is 22.4 Å². The highest BCUT2D eigenvalue weighted by Gasteiger charge is 2.11. The van der Waals surface area contributed by atoms with E-state index in [9.17, 15) is 10.0 Å². The first-order valence-corrected chi connectivity index (χ1v) is 9.59. The van der Waals surface area contributed by atoms with E-state index in [4.69, 9.17) is 0 Å². The average molecular weight is 392 g/mol. The van der Waals surface area contributed by atoms with Crippen molar-refractivity contribution in [1.29, 1.82) is 0 Å². The quantitative estimate of drug-likeness (QED) is 0.255. The molecule has 0 atom stereocenters. The van der Waals surface area contributed by atoms with Crippen LogP contribution < -0.4 is 5.32 Å². The number of oxime groups is 1. The Hall–Kier alpha value is -4.18. The third kappa shape index (κ3) is 4.28. The maximum atomic E-state index is 12.4. The lowest BCUT2D eigenvalue weighted by Crippen LogP contribution is -2.12. The van der Waals surface area contributed by atoms with Crippen molar-refractivity contribution >= 4 is 17.3 Å². The molecule has 4 rings (SSSR count). The number of amides is 1. The molecular formula is C26H20N2O2. The van der Waals surface area contributed by atoms with Crippen LogP contribution in [0.15, 0.2) is 114 Å². The molecule has 0 unspecified atom stereocenters. The minimum absolute atomic E-state index is 0.192. The summed E-state index contributed by atoms with van der Waals surface area (Å²) in [4.78, 5) is 12.4. The summed E-state index contributed by atoms with van der Waals surface area (Å²) in [6.07, 6.45) is 0. The molecule has 0 aliphatic rings. The number of anilines is 1. The highest BCUT2D eigenvalue weighted by molar-refractivity contribution is 6.13. The Morgan fingerprint density at radius 2 is 1.07 bits per heavy atom. The summed E-state index contributed by atoms with van der Waals surface area (Å²) in [6.45, 7) is 0. The Balaban J connectivity index is 1.52. The number of carbonyl (C=O) groups is 1. The fourth-order valence-corrected chi connectivity index (χ4v) is 3.24. The smallest absolute Gasteiger partial charge is 0.255 e. The molecule has 1 amide bonds. The number of hydrogen-bond acceptors (Lipinski definition) is 3. The molecule has 4 aromatic carbocycles. The average Bonchev–Trinajstić information content (AvgIpc) is 2.82. The van der Waals surface area contributed by atoms with Gasteiger partial charge in [0.05, 0.1) is 0 Å². The highest BCUT2D eigenvalue weighted by atomic mass is 16.4. The largest absolute Gasteiger partial charge is 0.410 e. The summed E-state index contributed by atoms with van der Waals surface area (Å²) in [5.41, 5.74) is 5.44. The van der Waals surface area contributed by atoms with Gasteiger partial charge >= 0.3 is 0 Å². The molecule has 30 heavy (non-hydrogen) atoms. The van der Waals surface area contributed by atoms with Crippen molar-refractivity contribution in [3.05, 3.63) is 126 Å². The van der Waals surface area contributed by atoms with Gasteiger partial charge in [0.25, 0.3) is 5.91 Å². The second-order valence-electron chi connectivity index (χ2n) is 6.79. The van der Waals surface area contributed by atoms with Gasteiger partial charge in [-0.05, 0) is 35.4 Å². The van der Waals surface area contributed by atoms with Crippen molar-refractivity contribution in [2.75, 3.05) is 5.32 Å². The summed E-state index contributed by atoms with van der Waals surface area (Å²) in [5.74, 6) is -0.192. The van der Waals surface area contributed by atoms with E-state index in [-0.39, 0.29) is 5.91 Å². The van der Waals surface area contributed by atoms with Crippen molar-refractivity contribution in [2.45, 2.75) is 0 Å². The molecular weight excluding hydrogens is 372 g/mol. The first kappa shape index (κ1) is 19.2. The van der Waals surface area contributed by atoms with Gasteiger partial charge in [0.2, 0.25) is 0 Å². The zero-order valence-electron chi connectivity index (χ0n) is 16.2. The van der Waals surface area contributed by atoms with Gasteiger partial charge in [-0.15, -0.1) is 0 Å². The van der Waals surface area contributed by atoms with Crippen LogP contribution in [0.25, 0.3) is 11.1 Å². The van der Waals surface area contributed by atoms with Crippen molar-refractivity contribution in [1.82, 2.24) is 0 Å². The molecule has 0 bridgehead atoms. The summed E-state index contributed by atoms with van der Waals surface area (Å²) >= 11 is 0. The van der Waals surface area contributed by atoms with Crippen LogP contribution in [0.2, 0.25) is 0 Å². The van der Waals surface area contributed by atoms with Crippen molar-refractivity contribution in [2.24, 2.45) is 5.16 Å². The standard InChI is InChI=1S/C26H20N2O2/c29-26(27-24-9-5-2-6-10-24)23-17-15-22(16-18-23)25(28-30)21-13-11-20(12-14-21)19-7-3-1-4-8-19/h1-18,30H,(H,27,29). The lowest BCUT2D eigenvalue weighted by Gasteiger charge is -2.09. The van der Waals surface area contributed by atoms with E-state index in [1.54, 1.807) is 24.3 Å². The van der Waals surface area contributed by atoms with Crippen molar-refractivity contribution < 1.29 is 10.0 Å². The van der Waals surface area contributed by atoms with Crippen LogP contribution in [-0.4, -0.2) is 16.8 Å². The lowest BCUT2D eigenvalue weighted by atomic mass is 9.98. The summed E-state index contributed by atoms with van der Waals surface area (Å²) in [7, 11) is 0. The Morgan fingerprint density at radius 3 is 1.63 bits per heavy atom. The summed E-state index contributed by atoms with van der Waals surface area (Å²) < 4.78 is 0. The zero-order valence-corrected chi connectivity index (χ0v) is 16.2. The SMILES string of the molecule is O=C(Nc1ccccc1)c1ccc(C(=NO)c2ccc(-c3ccccc3)cc2)cc1. The van der Waals surface area contributed by atoms with Gasteiger partial charge in [-0.3, -0.25) is 4.79 Å². The maximum absolute atomic E-state index is 12.4. The molecule has 146 valence electrons. The monoisotopic (exact) mass is 392 g/mol. The van der Waals surface area contributed by atoms with E-state index in [0.717, 1.165) is 27.9 Å². The molecule has 0 spiro atoms. The Bertz CT molecular complexity index is 1150. The molecule has 0 heterocycles. The van der Waals surface area contributed by atoms with Gasteiger partial charge < -0.3 is 10.5 Å². The van der Waals surface area contributed by atoms with Crippen LogP contribution in [0, 0.1) is 0 Å². The van der Waals surface area contributed by atoms with Crippen LogP contribution in [0.5, 0.6) is 0 Å². The number of benzene rings is 4. The number of rotatable bonds is 5. The van der Waals surface area contributed by atoms with Crippen LogP contribution >= 0.6 is 0 Å². The predicted molar refractivity (Wildman–Crippen MR) is 120 cm³/mol.